The molecule has 0 saturated carbocycles. The van der Waals surface area contributed by atoms with Gasteiger partial charge >= 0.3 is 62.3 Å². The summed E-state index contributed by atoms with van der Waals surface area (Å²) < 4.78 is 5.95. The summed E-state index contributed by atoms with van der Waals surface area (Å²) in [6.07, 6.45) is 0. The van der Waals surface area contributed by atoms with Gasteiger partial charge in [-0.05, 0) is 0 Å². The predicted molar refractivity (Wildman–Crippen MR) is 47.8 cm³/mol. The van der Waals surface area contributed by atoms with Crippen molar-refractivity contribution in [2.75, 3.05) is 0 Å². The number of hydrogen-bond donors (Lipinski definition) is 0. The van der Waals surface area contributed by atoms with Gasteiger partial charge in [0.25, 0.3) is 0 Å². The molecule has 1 nitrogen and oxygen atoms in total. The quantitative estimate of drug-likeness (QED) is 0.632. The van der Waals surface area contributed by atoms with Crippen molar-refractivity contribution in [1.29, 1.82) is 0 Å². The third kappa shape index (κ3) is 8.72. The molecule has 0 N–H and O–H groups in total. The van der Waals surface area contributed by atoms with Crippen LogP contribution in [0.1, 0.15) is 0 Å². The third-order valence-corrected chi connectivity index (χ3v) is 9.55. The fourth-order valence-electron chi connectivity index (χ4n) is 0.919. The molecule has 0 aromatic carbocycles. The molecule has 0 aromatic rings. The Kier molecular flexibility index (Phi) is 2.98. The van der Waals surface area contributed by atoms with Gasteiger partial charge in [0.05, 0.1) is 0 Å². The predicted octanol–water partition coefficient (Wildman–Crippen LogP) is 2.67. The van der Waals surface area contributed by atoms with Crippen molar-refractivity contribution in [2.45, 2.75) is 36.9 Å². The molecule has 0 aliphatic heterocycles. The maximum absolute atomic E-state index is 5.95. The van der Waals surface area contributed by atoms with E-state index in [0.717, 1.165) is 0 Å². The van der Waals surface area contributed by atoms with Crippen molar-refractivity contribution >= 4 is 21.9 Å². The van der Waals surface area contributed by atoms with Crippen molar-refractivity contribution < 1.29 is 3.45 Å². The molecule has 0 radical (unpaired) electrons. The van der Waals surface area contributed by atoms with E-state index in [2.05, 4.69) is 36.9 Å². The first-order chi connectivity index (χ1) is 3.71. The monoisotopic (exact) mass is 208 g/mol. The fraction of sp³-hybridized carbons (Fsp3) is 1.00. The Balaban J connectivity index is 3.75. The zero-order valence-electron chi connectivity index (χ0n) is 7.41. The molecule has 0 amide bonds. The minimum atomic E-state index is -1.68. The second kappa shape index (κ2) is 2.76. The Hall–Kier alpha value is 0.720. The first-order valence-corrected chi connectivity index (χ1v) is 14.0. The molecule has 0 saturated heterocycles. The van der Waals surface area contributed by atoms with E-state index in [1.54, 1.807) is 0 Å². The molecular formula is C6H18GeOSi. The summed E-state index contributed by atoms with van der Waals surface area (Å²) in [6, 6.07) is 0. The van der Waals surface area contributed by atoms with Gasteiger partial charge in [-0.3, -0.25) is 0 Å². The standard InChI is InChI=1S/C6H18GeOSi/c1-7(2,3)8-9(4,5)6/h1-6H3. The van der Waals surface area contributed by atoms with E-state index in [-0.39, 0.29) is 0 Å². The summed E-state index contributed by atoms with van der Waals surface area (Å²) in [5.41, 5.74) is 0. The molecular weight excluding hydrogens is 189 g/mol. The fourth-order valence-corrected chi connectivity index (χ4v) is 14.3. The van der Waals surface area contributed by atoms with E-state index in [1.165, 1.54) is 0 Å². The van der Waals surface area contributed by atoms with E-state index in [0.29, 0.717) is 0 Å². The molecule has 0 bridgehead atoms. The summed E-state index contributed by atoms with van der Waals surface area (Å²) in [5.74, 6) is 6.87. The molecule has 56 valence electrons. The van der Waals surface area contributed by atoms with Crippen LogP contribution in [0.2, 0.25) is 36.9 Å². The molecule has 0 atom stereocenters. The number of hydrogen-bond acceptors (Lipinski definition) is 1. The van der Waals surface area contributed by atoms with E-state index in [1.807, 2.05) is 0 Å². The molecule has 0 aliphatic rings. The van der Waals surface area contributed by atoms with Gasteiger partial charge in [0.2, 0.25) is 0 Å². The van der Waals surface area contributed by atoms with Gasteiger partial charge in [-0.2, -0.15) is 0 Å². The maximum atomic E-state index is 5.95. The zero-order chi connectivity index (χ0) is 7.71. The Labute approximate surface area is 62.6 Å². The van der Waals surface area contributed by atoms with Gasteiger partial charge in [0, 0.05) is 0 Å². The van der Waals surface area contributed by atoms with Crippen LogP contribution in [0.4, 0.5) is 0 Å². The second-order valence-electron chi connectivity index (χ2n) is 4.33. The Morgan fingerprint density at radius 2 is 1.33 bits per heavy atom. The minimum absolute atomic E-state index is 1.21. The first-order valence-electron chi connectivity index (χ1n) is 3.41. The SMILES string of the molecule is C[Si](C)(C)[O][Ge]([CH3])([CH3])[CH3]. The van der Waals surface area contributed by atoms with Crippen molar-refractivity contribution in [3.05, 3.63) is 0 Å². The van der Waals surface area contributed by atoms with E-state index >= 15 is 0 Å². The van der Waals surface area contributed by atoms with Crippen LogP contribution < -0.4 is 0 Å². The topological polar surface area (TPSA) is 9.23 Å². The molecule has 9 heavy (non-hydrogen) atoms. The van der Waals surface area contributed by atoms with Crippen molar-refractivity contribution in [3.63, 3.8) is 0 Å². The van der Waals surface area contributed by atoms with Crippen LogP contribution in [0.3, 0.4) is 0 Å². The summed E-state index contributed by atoms with van der Waals surface area (Å²) in [6.45, 7) is 6.76. The van der Waals surface area contributed by atoms with Crippen LogP contribution in [0.15, 0.2) is 0 Å². The van der Waals surface area contributed by atoms with Gasteiger partial charge in [0.1, 0.15) is 0 Å². The summed E-state index contributed by atoms with van der Waals surface area (Å²) >= 11 is -1.68. The van der Waals surface area contributed by atoms with Gasteiger partial charge in [-0.1, -0.05) is 0 Å². The third-order valence-electron chi connectivity index (χ3n) is 0.612. The number of rotatable bonds is 2. The molecule has 0 aromatic heterocycles. The van der Waals surface area contributed by atoms with Crippen LogP contribution in [0.5, 0.6) is 0 Å². The molecule has 3 heteroatoms. The molecule has 0 fully saturated rings. The van der Waals surface area contributed by atoms with Crippen LogP contribution in [0, 0.1) is 0 Å². The Bertz CT molecular complexity index is 78.2. The van der Waals surface area contributed by atoms with Crippen LogP contribution in [-0.4, -0.2) is 21.9 Å². The van der Waals surface area contributed by atoms with Crippen LogP contribution >= 0.6 is 0 Å². The summed E-state index contributed by atoms with van der Waals surface area (Å²) in [4.78, 5) is 0. The van der Waals surface area contributed by atoms with Gasteiger partial charge in [-0.25, -0.2) is 0 Å². The molecule has 0 rings (SSSR count). The van der Waals surface area contributed by atoms with E-state index in [9.17, 15) is 0 Å². The second-order valence-corrected chi connectivity index (χ2v) is 18.9. The van der Waals surface area contributed by atoms with Crippen LogP contribution in [0.25, 0.3) is 0 Å². The molecule has 0 aliphatic carbocycles. The Morgan fingerprint density at radius 3 is 1.33 bits per heavy atom. The average molecular weight is 207 g/mol. The van der Waals surface area contributed by atoms with E-state index < -0.39 is 21.9 Å². The van der Waals surface area contributed by atoms with Crippen molar-refractivity contribution in [3.8, 4) is 0 Å². The average Bonchev–Trinajstić information content (AvgIpc) is 1.14. The molecule has 0 heterocycles. The normalized spacial score (nSPS) is 14.0. The Morgan fingerprint density at radius 1 is 1.00 bits per heavy atom. The van der Waals surface area contributed by atoms with Gasteiger partial charge in [-0.15, -0.1) is 0 Å². The van der Waals surface area contributed by atoms with Crippen molar-refractivity contribution in [2.24, 2.45) is 0 Å². The first kappa shape index (κ1) is 9.72. The van der Waals surface area contributed by atoms with Crippen LogP contribution in [-0.2, 0) is 3.45 Å². The molecule has 0 unspecified atom stereocenters. The van der Waals surface area contributed by atoms with Gasteiger partial charge in [0.15, 0.2) is 0 Å². The summed E-state index contributed by atoms with van der Waals surface area (Å²) in [7, 11) is -1.21. The van der Waals surface area contributed by atoms with Gasteiger partial charge < -0.3 is 0 Å². The molecule has 0 spiro atoms. The zero-order valence-corrected chi connectivity index (χ0v) is 10.5. The van der Waals surface area contributed by atoms with Crippen molar-refractivity contribution in [1.82, 2.24) is 0 Å². The van der Waals surface area contributed by atoms with E-state index in [4.69, 9.17) is 3.45 Å². The summed E-state index contributed by atoms with van der Waals surface area (Å²) in [5, 5.41) is 0.